The van der Waals surface area contributed by atoms with Crippen LogP contribution in [0.2, 0.25) is 0 Å². The fourth-order valence-corrected chi connectivity index (χ4v) is 1.99. The van der Waals surface area contributed by atoms with E-state index in [-0.39, 0.29) is 17.8 Å². The van der Waals surface area contributed by atoms with E-state index < -0.39 is 10.8 Å². The first-order valence-corrected chi connectivity index (χ1v) is 7.17. The minimum absolute atomic E-state index is 0.0769. The van der Waals surface area contributed by atoms with E-state index >= 15 is 0 Å². The standard InChI is InChI=1S/C18H16N2O4/c1-13-5-8-15(12-17(13)20(22)23)18(21)19-11-3-4-14-6-9-16(24-2)10-7-14/h5-10,12H,11H2,1-2H3,(H,19,21). The van der Waals surface area contributed by atoms with Gasteiger partial charge in [0, 0.05) is 22.8 Å². The van der Waals surface area contributed by atoms with E-state index in [4.69, 9.17) is 4.74 Å². The summed E-state index contributed by atoms with van der Waals surface area (Å²) in [4.78, 5) is 22.4. The van der Waals surface area contributed by atoms with Gasteiger partial charge < -0.3 is 10.1 Å². The van der Waals surface area contributed by atoms with Crippen LogP contribution in [0, 0.1) is 28.9 Å². The van der Waals surface area contributed by atoms with Gasteiger partial charge in [0.1, 0.15) is 5.75 Å². The summed E-state index contributed by atoms with van der Waals surface area (Å²) in [6.45, 7) is 1.77. The number of methoxy groups -OCH3 is 1. The van der Waals surface area contributed by atoms with Crippen LogP contribution in [0.3, 0.4) is 0 Å². The number of carbonyl (C=O) groups is 1. The molecule has 0 aliphatic carbocycles. The van der Waals surface area contributed by atoms with Crippen LogP contribution in [0.4, 0.5) is 5.69 Å². The molecule has 0 aromatic heterocycles. The number of nitrogens with zero attached hydrogens (tertiary/aromatic N) is 1. The Balaban J connectivity index is 1.97. The Morgan fingerprint density at radius 1 is 1.25 bits per heavy atom. The summed E-state index contributed by atoms with van der Waals surface area (Å²) in [6.07, 6.45) is 0. The summed E-state index contributed by atoms with van der Waals surface area (Å²) in [6, 6.07) is 11.6. The lowest BCUT2D eigenvalue weighted by molar-refractivity contribution is -0.385. The van der Waals surface area contributed by atoms with Gasteiger partial charge in [0.05, 0.1) is 18.6 Å². The molecule has 1 N–H and O–H groups in total. The third-order valence-corrected chi connectivity index (χ3v) is 3.33. The molecule has 0 unspecified atom stereocenters. The van der Waals surface area contributed by atoms with Gasteiger partial charge in [0.2, 0.25) is 0 Å². The predicted octanol–water partition coefficient (Wildman–Crippen LogP) is 2.69. The number of hydrogen-bond acceptors (Lipinski definition) is 4. The van der Waals surface area contributed by atoms with Crippen LogP contribution in [-0.2, 0) is 0 Å². The quantitative estimate of drug-likeness (QED) is 0.532. The fraction of sp³-hybridized carbons (Fsp3) is 0.167. The molecule has 0 spiro atoms. The van der Waals surface area contributed by atoms with E-state index in [0.717, 1.165) is 11.3 Å². The van der Waals surface area contributed by atoms with Gasteiger partial charge in [-0.3, -0.25) is 14.9 Å². The Bertz CT molecular complexity index is 817. The molecule has 0 saturated heterocycles. The van der Waals surface area contributed by atoms with Crippen molar-refractivity contribution in [3.63, 3.8) is 0 Å². The number of rotatable bonds is 4. The Morgan fingerprint density at radius 2 is 1.96 bits per heavy atom. The molecule has 0 aliphatic rings. The molecule has 6 nitrogen and oxygen atoms in total. The number of amides is 1. The molecule has 0 atom stereocenters. The first kappa shape index (κ1) is 17.0. The van der Waals surface area contributed by atoms with Gasteiger partial charge in [-0.1, -0.05) is 17.9 Å². The highest BCUT2D eigenvalue weighted by Gasteiger charge is 2.14. The van der Waals surface area contributed by atoms with Crippen molar-refractivity contribution < 1.29 is 14.5 Å². The maximum atomic E-state index is 12.0. The van der Waals surface area contributed by atoms with Crippen molar-refractivity contribution in [1.82, 2.24) is 5.32 Å². The first-order chi connectivity index (χ1) is 11.5. The van der Waals surface area contributed by atoms with Crippen LogP contribution in [0.5, 0.6) is 5.75 Å². The summed E-state index contributed by atoms with van der Waals surface area (Å²) in [5, 5.41) is 13.5. The molecule has 0 radical (unpaired) electrons. The zero-order chi connectivity index (χ0) is 17.5. The second-order valence-corrected chi connectivity index (χ2v) is 4.97. The Labute approximate surface area is 139 Å². The van der Waals surface area contributed by atoms with Crippen molar-refractivity contribution in [3.05, 3.63) is 69.3 Å². The number of nitro benzene ring substituents is 1. The highest BCUT2D eigenvalue weighted by atomic mass is 16.6. The maximum Gasteiger partial charge on any atom is 0.273 e. The number of benzene rings is 2. The molecule has 1 amide bonds. The van der Waals surface area contributed by atoms with Crippen molar-refractivity contribution in [3.8, 4) is 17.6 Å². The Hall–Kier alpha value is -3.33. The SMILES string of the molecule is COc1ccc(C#CCNC(=O)c2ccc(C)c([N+](=O)[O-])c2)cc1. The Morgan fingerprint density at radius 3 is 2.58 bits per heavy atom. The molecular formula is C18H16N2O4. The fourth-order valence-electron chi connectivity index (χ4n) is 1.99. The third-order valence-electron chi connectivity index (χ3n) is 3.33. The van der Waals surface area contributed by atoms with E-state index in [9.17, 15) is 14.9 Å². The van der Waals surface area contributed by atoms with Gasteiger partial charge in [0.15, 0.2) is 0 Å². The minimum atomic E-state index is -0.504. The molecule has 6 heteroatoms. The number of nitrogens with one attached hydrogen (secondary N) is 1. The lowest BCUT2D eigenvalue weighted by Crippen LogP contribution is -2.23. The highest BCUT2D eigenvalue weighted by Crippen LogP contribution is 2.19. The molecule has 0 bridgehead atoms. The molecule has 2 aromatic rings. The molecule has 0 saturated carbocycles. The summed E-state index contributed by atoms with van der Waals surface area (Å²) in [5.41, 5.74) is 1.47. The number of nitro groups is 1. The molecule has 24 heavy (non-hydrogen) atoms. The van der Waals surface area contributed by atoms with Gasteiger partial charge in [-0.25, -0.2) is 0 Å². The molecule has 122 valence electrons. The zero-order valence-electron chi connectivity index (χ0n) is 13.3. The number of ether oxygens (including phenoxy) is 1. The van der Waals surface area contributed by atoms with E-state index in [1.54, 1.807) is 38.3 Å². The van der Waals surface area contributed by atoms with E-state index in [2.05, 4.69) is 17.2 Å². The zero-order valence-corrected chi connectivity index (χ0v) is 13.3. The van der Waals surface area contributed by atoms with E-state index in [0.29, 0.717) is 5.56 Å². The molecule has 2 aromatic carbocycles. The molecule has 0 fully saturated rings. The summed E-state index contributed by atoms with van der Waals surface area (Å²) in [7, 11) is 1.59. The van der Waals surface area contributed by atoms with E-state index in [1.165, 1.54) is 6.07 Å². The van der Waals surface area contributed by atoms with Crippen molar-refractivity contribution >= 4 is 11.6 Å². The minimum Gasteiger partial charge on any atom is -0.497 e. The first-order valence-electron chi connectivity index (χ1n) is 7.17. The topological polar surface area (TPSA) is 81.5 Å². The number of carbonyl (C=O) groups excluding carboxylic acids is 1. The van der Waals surface area contributed by atoms with Crippen LogP contribution in [0.15, 0.2) is 42.5 Å². The van der Waals surface area contributed by atoms with Crippen LogP contribution in [0.25, 0.3) is 0 Å². The second kappa shape index (κ2) is 7.79. The average molecular weight is 324 g/mol. The second-order valence-electron chi connectivity index (χ2n) is 4.97. The highest BCUT2D eigenvalue weighted by molar-refractivity contribution is 5.95. The van der Waals surface area contributed by atoms with Crippen LogP contribution >= 0.6 is 0 Å². The lowest BCUT2D eigenvalue weighted by atomic mass is 10.1. The van der Waals surface area contributed by atoms with Gasteiger partial charge >= 0.3 is 0 Å². The van der Waals surface area contributed by atoms with Gasteiger partial charge in [0.25, 0.3) is 11.6 Å². The van der Waals surface area contributed by atoms with Crippen LogP contribution < -0.4 is 10.1 Å². The Kier molecular flexibility index (Phi) is 5.53. The molecule has 2 rings (SSSR count). The normalized spacial score (nSPS) is 9.58. The molecule has 0 aliphatic heterocycles. The molecule has 0 heterocycles. The van der Waals surface area contributed by atoms with Crippen molar-refractivity contribution in [2.75, 3.05) is 13.7 Å². The lowest BCUT2D eigenvalue weighted by Gasteiger charge is -2.03. The molecular weight excluding hydrogens is 308 g/mol. The number of aryl methyl sites for hydroxylation is 1. The monoisotopic (exact) mass is 324 g/mol. The van der Waals surface area contributed by atoms with E-state index in [1.807, 2.05) is 12.1 Å². The summed E-state index contributed by atoms with van der Waals surface area (Å²) >= 11 is 0. The predicted molar refractivity (Wildman–Crippen MR) is 90.0 cm³/mol. The van der Waals surface area contributed by atoms with Crippen molar-refractivity contribution in [1.29, 1.82) is 0 Å². The van der Waals surface area contributed by atoms with Crippen LogP contribution in [-0.4, -0.2) is 24.5 Å². The average Bonchev–Trinajstić information content (AvgIpc) is 2.59. The van der Waals surface area contributed by atoms with Crippen LogP contribution in [0.1, 0.15) is 21.5 Å². The summed E-state index contributed by atoms with van der Waals surface area (Å²) in [5.74, 6) is 6.09. The van der Waals surface area contributed by atoms with Gasteiger partial charge in [-0.15, -0.1) is 0 Å². The van der Waals surface area contributed by atoms with Crippen molar-refractivity contribution in [2.24, 2.45) is 0 Å². The van der Waals surface area contributed by atoms with Gasteiger partial charge in [-0.05, 0) is 37.3 Å². The summed E-state index contributed by atoms with van der Waals surface area (Å²) < 4.78 is 5.06. The third kappa shape index (κ3) is 4.34. The van der Waals surface area contributed by atoms with Crippen molar-refractivity contribution in [2.45, 2.75) is 6.92 Å². The van der Waals surface area contributed by atoms with Gasteiger partial charge in [-0.2, -0.15) is 0 Å². The maximum absolute atomic E-state index is 12.0. The largest absolute Gasteiger partial charge is 0.497 e. The smallest absolute Gasteiger partial charge is 0.273 e. The number of hydrogen-bond donors (Lipinski definition) is 1.